The third-order valence-corrected chi connectivity index (χ3v) is 3.95. The highest BCUT2D eigenvalue weighted by Gasteiger charge is 2.31. The highest BCUT2D eigenvalue weighted by molar-refractivity contribution is 5.94. The molecule has 1 aliphatic rings. The van der Waals surface area contributed by atoms with Crippen LogP contribution < -0.4 is 11.1 Å². The Kier molecular flexibility index (Phi) is 6.27. The number of amides is 1. The van der Waals surface area contributed by atoms with Crippen molar-refractivity contribution < 1.29 is 22.7 Å². The number of hydrogen-bond acceptors (Lipinski definition) is 4. The summed E-state index contributed by atoms with van der Waals surface area (Å²) in [4.78, 5) is 12.1. The Hall–Kier alpha value is -2.10. The molecule has 2 atom stereocenters. The van der Waals surface area contributed by atoms with Gasteiger partial charge in [-0.05, 0) is 31.0 Å². The number of carbonyl (C=O) groups is 1. The summed E-state index contributed by atoms with van der Waals surface area (Å²) in [5, 5.41) is 6.65. The molecule has 1 aromatic heterocycles. The van der Waals surface area contributed by atoms with Crippen LogP contribution in [0.2, 0.25) is 0 Å². The molecule has 26 heavy (non-hydrogen) atoms. The van der Waals surface area contributed by atoms with E-state index in [2.05, 4.69) is 10.4 Å². The second-order valence-corrected chi connectivity index (χ2v) is 5.77. The zero-order chi connectivity index (χ0) is 18.0. The Morgan fingerprint density at radius 1 is 1.38 bits per heavy atom. The van der Waals surface area contributed by atoms with Gasteiger partial charge in [-0.2, -0.15) is 18.3 Å². The number of nitrogens with two attached hydrogens (primary N) is 1. The average Bonchev–Trinajstić information content (AvgIpc) is 3.23. The Morgan fingerprint density at radius 3 is 2.81 bits per heavy atom. The van der Waals surface area contributed by atoms with Gasteiger partial charge < -0.3 is 15.8 Å². The highest BCUT2D eigenvalue weighted by Crippen LogP contribution is 2.30. The van der Waals surface area contributed by atoms with Crippen LogP contribution in [0.1, 0.15) is 18.4 Å². The van der Waals surface area contributed by atoms with E-state index in [0.29, 0.717) is 18.7 Å². The molecule has 1 amide bonds. The van der Waals surface area contributed by atoms with E-state index in [1.165, 1.54) is 29.2 Å². The summed E-state index contributed by atoms with van der Waals surface area (Å²) in [6, 6.07) is 4.78. The van der Waals surface area contributed by atoms with Crippen molar-refractivity contribution in [1.29, 1.82) is 0 Å². The third-order valence-electron chi connectivity index (χ3n) is 3.95. The second kappa shape index (κ2) is 8.07. The highest BCUT2D eigenvalue weighted by atomic mass is 35.5. The summed E-state index contributed by atoms with van der Waals surface area (Å²) in [6.07, 6.45) is -1.02. The minimum absolute atomic E-state index is 0. The summed E-state index contributed by atoms with van der Waals surface area (Å²) < 4.78 is 45.1. The Balaban J connectivity index is 0.00000243. The van der Waals surface area contributed by atoms with Gasteiger partial charge in [0.25, 0.3) is 5.91 Å². The van der Waals surface area contributed by atoms with Crippen LogP contribution in [0.5, 0.6) is 0 Å². The molecule has 1 aromatic carbocycles. The topological polar surface area (TPSA) is 82.2 Å². The van der Waals surface area contributed by atoms with Gasteiger partial charge in [0.1, 0.15) is 6.10 Å². The van der Waals surface area contributed by atoms with Crippen LogP contribution in [0.4, 0.5) is 18.9 Å². The lowest BCUT2D eigenvalue weighted by molar-refractivity contribution is -0.137. The van der Waals surface area contributed by atoms with E-state index >= 15 is 0 Å². The van der Waals surface area contributed by atoms with Crippen molar-refractivity contribution >= 4 is 24.0 Å². The minimum atomic E-state index is -4.43. The van der Waals surface area contributed by atoms with Crippen molar-refractivity contribution in [1.82, 2.24) is 9.78 Å². The number of hydrogen-bond donors (Lipinski definition) is 2. The van der Waals surface area contributed by atoms with Crippen LogP contribution >= 0.6 is 12.4 Å². The first-order valence-electron chi connectivity index (χ1n) is 7.75. The zero-order valence-electron chi connectivity index (χ0n) is 13.6. The Morgan fingerprint density at radius 2 is 2.15 bits per heavy atom. The van der Waals surface area contributed by atoms with Gasteiger partial charge in [-0.25, -0.2) is 4.68 Å². The molecule has 3 N–H and O–H groups in total. The fourth-order valence-electron chi connectivity index (χ4n) is 2.65. The molecule has 0 radical (unpaired) electrons. The summed E-state index contributed by atoms with van der Waals surface area (Å²) in [6.45, 7) is 0.358. The SMILES string of the molecule is Cl.NC[C@H]1CC[C@@H](C(=O)Nc2cnn(-c3cccc(C(F)(F)F)c3)c2)O1. The molecule has 6 nitrogen and oxygen atoms in total. The van der Waals surface area contributed by atoms with Crippen molar-refractivity contribution in [2.45, 2.75) is 31.2 Å². The number of anilines is 1. The summed E-state index contributed by atoms with van der Waals surface area (Å²) in [5.41, 5.74) is 5.37. The molecule has 1 fully saturated rings. The normalized spacial score (nSPS) is 19.8. The molecule has 0 unspecified atom stereocenters. The maximum absolute atomic E-state index is 12.8. The van der Waals surface area contributed by atoms with Crippen molar-refractivity contribution in [3.63, 3.8) is 0 Å². The van der Waals surface area contributed by atoms with Crippen molar-refractivity contribution in [2.75, 3.05) is 11.9 Å². The van der Waals surface area contributed by atoms with E-state index in [0.717, 1.165) is 18.6 Å². The number of alkyl halides is 3. The lowest BCUT2D eigenvalue weighted by Gasteiger charge is -2.11. The number of aromatic nitrogens is 2. The maximum Gasteiger partial charge on any atom is 0.416 e. The molecule has 0 bridgehead atoms. The van der Waals surface area contributed by atoms with Crippen LogP contribution in [0.25, 0.3) is 5.69 Å². The molecular formula is C16H18ClF3N4O2. The quantitative estimate of drug-likeness (QED) is 0.841. The first-order valence-corrected chi connectivity index (χ1v) is 7.75. The van der Waals surface area contributed by atoms with Crippen LogP contribution in [-0.2, 0) is 15.7 Å². The molecule has 2 heterocycles. The number of rotatable bonds is 4. The standard InChI is InChI=1S/C16H17F3N4O2.ClH/c17-16(18,19)10-2-1-3-12(6-10)23-9-11(8-21-23)22-15(24)14-5-4-13(7-20)25-14;/h1-3,6,8-9,13-14H,4-5,7,20H2,(H,22,24);1H/t13-,14+;/m1./s1. The molecule has 1 aliphatic heterocycles. The molecule has 3 rings (SSSR count). The van der Waals surface area contributed by atoms with E-state index in [9.17, 15) is 18.0 Å². The largest absolute Gasteiger partial charge is 0.416 e. The van der Waals surface area contributed by atoms with E-state index in [4.69, 9.17) is 10.5 Å². The van der Waals surface area contributed by atoms with Gasteiger partial charge >= 0.3 is 6.18 Å². The monoisotopic (exact) mass is 390 g/mol. The van der Waals surface area contributed by atoms with Crippen LogP contribution in [0, 0.1) is 0 Å². The predicted octanol–water partition coefficient (Wildman–Crippen LogP) is 2.76. The minimum Gasteiger partial charge on any atom is -0.364 e. The van der Waals surface area contributed by atoms with Gasteiger partial charge in [-0.3, -0.25) is 4.79 Å². The summed E-state index contributed by atoms with van der Waals surface area (Å²) in [5.74, 6) is -0.320. The van der Waals surface area contributed by atoms with Gasteiger partial charge in [0.15, 0.2) is 0 Å². The van der Waals surface area contributed by atoms with E-state index < -0.39 is 17.8 Å². The van der Waals surface area contributed by atoms with Gasteiger partial charge in [0.05, 0.1) is 35.4 Å². The van der Waals surface area contributed by atoms with Crippen molar-refractivity contribution in [3.8, 4) is 5.69 Å². The third kappa shape index (κ3) is 4.54. The first kappa shape index (κ1) is 20.2. The smallest absolute Gasteiger partial charge is 0.364 e. The van der Waals surface area contributed by atoms with Crippen molar-refractivity contribution in [3.05, 3.63) is 42.2 Å². The van der Waals surface area contributed by atoms with Gasteiger partial charge in [0.2, 0.25) is 0 Å². The maximum atomic E-state index is 12.8. The van der Waals surface area contributed by atoms with Crippen LogP contribution in [-0.4, -0.2) is 34.4 Å². The summed E-state index contributed by atoms with van der Waals surface area (Å²) in [7, 11) is 0. The van der Waals surface area contributed by atoms with Gasteiger partial charge in [-0.15, -0.1) is 12.4 Å². The Bertz CT molecular complexity index is 766. The van der Waals surface area contributed by atoms with Gasteiger partial charge in [-0.1, -0.05) is 6.07 Å². The predicted molar refractivity (Wildman–Crippen MR) is 91.4 cm³/mol. The molecule has 0 saturated carbocycles. The number of benzene rings is 1. The molecule has 10 heteroatoms. The number of halogens is 4. The molecule has 142 valence electrons. The average molecular weight is 391 g/mol. The summed E-state index contributed by atoms with van der Waals surface area (Å²) >= 11 is 0. The fraction of sp³-hybridized carbons (Fsp3) is 0.375. The zero-order valence-corrected chi connectivity index (χ0v) is 14.4. The first-order chi connectivity index (χ1) is 11.9. The molecule has 2 aromatic rings. The second-order valence-electron chi connectivity index (χ2n) is 5.77. The molecule has 1 saturated heterocycles. The number of ether oxygens (including phenoxy) is 1. The van der Waals surface area contributed by atoms with Gasteiger partial charge in [0, 0.05) is 6.54 Å². The van der Waals surface area contributed by atoms with E-state index in [1.807, 2.05) is 0 Å². The van der Waals surface area contributed by atoms with Crippen LogP contribution in [0.3, 0.4) is 0 Å². The Labute approximate surface area is 153 Å². The molecule has 0 aliphatic carbocycles. The fourth-order valence-corrected chi connectivity index (χ4v) is 2.65. The van der Waals surface area contributed by atoms with E-state index in [-0.39, 0.29) is 30.1 Å². The molecular weight excluding hydrogens is 373 g/mol. The van der Waals surface area contributed by atoms with E-state index in [1.54, 1.807) is 0 Å². The lowest BCUT2D eigenvalue weighted by atomic mass is 10.2. The lowest BCUT2D eigenvalue weighted by Crippen LogP contribution is -2.29. The van der Waals surface area contributed by atoms with Crippen LogP contribution in [0.15, 0.2) is 36.7 Å². The number of nitrogens with zero attached hydrogens (tertiary/aromatic N) is 2. The van der Waals surface area contributed by atoms with Crippen molar-refractivity contribution in [2.24, 2.45) is 5.73 Å². The molecule has 0 spiro atoms. The number of nitrogens with one attached hydrogen (secondary N) is 1. The number of carbonyl (C=O) groups excluding carboxylic acids is 1.